The van der Waals surface area contributed by atoms with Gasteiger partial charge in [-0.2, -0.15) is 0 Å². The van der Waals surface area contributed by atoms with Crippen molar-refractivity contribution in [1.82, 2.24) is 0 Å². The monoisotopic (exact) mass is 357 g/mol. The van der Waals surface area contributed by atoms with Gasteiger partial charge >= 0.3 is 5.97 Å². The van der Waals surface area contributed by atoms with E-state index in [1.54, 1.807) is 23.9 Å². The molecule has 2 aromatic carbocycles. The molecule has 24 heavy (non-hydrogen) atoms. The van der Waals surface area contributed by atoms with Crippen molar-refractivity contribution in [1.29, 1.82) is 0 Å². The number of amides is 1. The summed E-state index contributed by atoms with van der Waals surface area (Å²) in [5.74, 6) is -0.841. The summed E-state index contributed by atoms with van der Waals surface area (Å²) >= 11 is 2.95. The molecule has 1 N–H and O–H groups in total. The summed E-state index contributed by atoms with van der Waals surface area (Å²) < 4.78 is 6.12. The quantitative estimate of drug-likeness (QED) is 0.542. The molecule has 0 saturated carbocycles. The molecule has 1 amide bonds. The molecule has 4 nitrogen and oxygen atoms in total. The number of nitrogens with one attached hydrogen (secondary N) is 1. The Balaban J connectivity index is 1.58. The third-order valence-electron chi connectivity index (χ3n) is 3.31. The van der Waals surface area contributed by atoms with Gasteiger partial charge in [-0.25, -0.2) is 4.79 Å². The van der Waals surface area contributed by atoms with Crippen LogP contribution in [-0.4, -0.2) is 24.7 Å². The summed E-state index contributed by atoms with van der Waals surface area (Å²) in [6, 6.07) is 17.0. The highest BCUT2D eigenvalue weighted by molar-refractivity contribution is 7.98. The molecular formula is C18H15NO3S2. The van der Waals surface area contributed by atoms with Crippen LogP contribution < -0.4 is 5.32 Å². The fourth-order valence-corrected chi connectivity index (χ4v) is 3.60. The molecule has 0 fully saturated rings. The summed E-state index contributed by atoms with van der Waals surface area (Å²) in [5.41, 5.74) is 0.685. The van der Waals surface area contributed by atoms with Crippen LogP contribution >= 0.6 is 23.1 Å². The molecule has 0 saturated heterocycles. The van der Waals surface area contributed by atoms with Crippen molar-refractivity contribution in [3.05, 3.63) is 59.5 Å². The Kier molecular flexibility index (Phi) is 5.17. The summed E-state index contributed by atoms with van der Waals surface area (Å²) in [6.45, 7) is -0.309. The molecule has 0 aliphatic rings. The lowest BCUT2D eigenvalue weighted by atomic mass is 10.2. The Hall–Kier alpha value is -2.31. The Morgan fingerprint density at radius 2 is 1.96 bits per heavy atom. The number of hydrogen-bond acceptors (Lipinski definition) is 5. The summed E-state index contributed by atoms with van der Waals surface area (Å²) in [4.78, 5) is 25.5. The number of thioether (sulfide) groups is 1. The van der Waals surface area contributed by atoms with Crippen molar-refractivity contribution < 1.29 is 14.3 Å². The second-order valence-corrected chi connectivity index (χ2v) is 6.97. The summed E-state index contributed by atoms with van der Waals surface area (Å²) in [7, 11) is 0. The Bertz CT molecular complexity index is 856. The molecule has 1 aromatic heterocycles. The third kappa shape index (κ3) is 3.96. The van der Waals surface area contributed by atoms with Gasteiger partial charge in [0.2, 0.25) is 0 Å². The standard InChI is InChI=1S/C18H15NO3S2/c1-23-14-7-4-6-13(10-14)19-17(20)11-22-18(21)16-9-12-5-2-3-8-15(12)24-16/h2-10H,11H2,1H3,(H,19,20). The number of esters is 1. The van der Waals surface area contributed by atoms with Crippen LogP contribution in [0.1, 0.15) is 9.67 Å². The second kappa shape index (κ2) is 7.51. The molecule has 122 valence electrons. The second-order valence-electron chi connectivity index (χ2n) is 5.00. The zero-order valence-electron chi connectivity index (χ0n) is 12.9. The zero-order valence-corrected chi connectivity index (χ0v) is 14.6. The third-order valence-corrected chi connectivity index (χ3v) is 5.14. The summed E-state index contributed by atoms with van der Waals surface area (Å²) in [6.07, 6.45) is 1.97. The number of hydrogen-bond donors (Lipinski definition) is 1. The van der Waals surface area contributed by atoms with E-state index < -0.39 is 5.97 Å². The van der Waals surface area contributed by atoms with Crippen LogP contribution in [-0.2, 0) is 9.53 Å². The molecule has 1 heterocycles. The van der Waals surface area contributed by atoms with Crippen LogP contribution in [0.25, 0.3) is 10.1 Å². The molecule has 3 aromatic rings. The highest BCUT2D eigenvalue weighted by atomic mass is 32.2. The van der Waals surface area contributed by atoms with Gasteiger partial charge in [0.25, 0.3) is 5.91 Å². The fraction of sp³-hybridized carbons (Fsp3) is 0.111. The van der Waals surface area contributed by atoms with E-state index in [1.165, 1.54) is 11.3 Å². The molecule has 3 rings (SSSR count). The molecular weight excluding hydrogens is 342 g/mol. The van der Waals surface area contributed by atoms with Crippen molar-refractivity contribution in [2.75, 3.05) is 18.2 Å². The lowest BCUT2D eigenvalue weighted by Gasteiger charge is -2.07. The van der Waals surface area contributed by atoms with Gasteiger partial charge in [0.1, 0.15) is 4.88 Å². The van der Waals surface area contributed by atoms with Crippen LogP contribution in [0.3, 0.4) is 0 Å². The van der Waals surface area contributed by atoms with E-state index in [2.05, 4.69) is 5.32 Å². The number of thiophene rings is 1. The number of ether oxygens (including phenoxy) is 1. The molecule has 0 aliphatic carbocycles. The smallest absolute Gasteiger partial charge is 0.348 e. The first-order valence-corrected chi connectivity index (χ1v) is 9.29. The largest absolute Gasteiger partial charge is 0.451 e. The SMILES string of the molecule is CSc1cccc(NC(=O)COC(=O)c2cc3ccccc3s2)c1. The van der Waals surface area contributed by atoms with E-state index in [-0.39, 0.29) is 12.5 Å². The average molecular weight is 357 g/mol. The highest BCUT2D eigenvalue weighted by Gasteiger charge is 2.13. The number of carbonyl (C=O) groups excluding carboxylic acids is 2. The van der Waals surface area contributed by atoms with E-state index in [4.69, 9.17) is 4.74 Å². The number of anilines is 1. The Morgan fingerprint density at radius 3 is 2.75 bits per heavy atom. The van der Waals surface area contributed by atoms with Crippen LogP contribution in [0.5, 0.6) is 0 Å². The highest BCUT2D eigenvalue weighted by Crippen LogP contribution is 2.25. The van der Waals surface area contributed by atoms with Crippen molar-refractivity contribution in [2.45, 2.75) is 4.90 Å². The first-order chi connectivity index (χ1) is 11.7. The van der Waals surface area contributed by atoms with Crippen LogP contribution in [0, 0.1) is 0 Å². The normalized spacial score (nSPS) is 10.5. The van der Waals surface area contributed by atoms with Gasteiger partial charge in [-0.15, -0.1) is 23.1 Å². The minimum atomic E-state index is -0.482. The lowest BCUT2D eigenvalue weighted by Crippen LogP contribution is -2.20. The van der Waals surface area contributed by atoms with E-state index in [1.807, 2.05) is 48.7 Å². The van der Waals surface area contributed by atoms with E-state index in [0.717, 1.165) is 15.0 Å². The number of benzene rings is 2. The van der Waals surface area contributed by atoms with Crippen LogP contribution in [0.2, 0.25) is 0 Å². The Labute approximate surface area is 147 Å². The van der Waals surface area contributed by atoms with Gasteiger partial charge in [-0.1, -0.05) is 24.3 Å². The predicted octanol–water partition coefficient (Wildman–Crippen LogP) is 4.42. The average Bonchev–Trinajstić information content (AvgIpc) is 3.04. The minimum Gasteiger partial charge on any atom is -0.451 e. The van der Waals surface area contributed by atoms with Crippen molar-refractivity contribution >= 4 is 50.7 Å². The molecule has 0 radical (unpaired) electrons. The molecule has 0 spiro atoms. The van der Waals surface area contributed by atoms with Gasteiger partial charge < -0.3 is 10.1 Å². The van der Waals surface area contributed by atoms with Crippen LogP contribution in [0.15, 0.2) is 59.5 Å². The van der Waals surface area contributed by atoms with E-state index >= 15 is 0 Å². The molecule has 0 unspecified atom stereocenters. The molecule has 0 atom stereocenters. The van der Waals surface area contributed by atoms with Crippen LogP contribution in [0.4, 0.5) is 5.69 Å². The van der Waals surface area contributed by atoms with Gasteiger partial charge in [-0.3, -0.25) is 4.79 Å². The maximum absolute atomic E-state index is 12.1. The van der Waals surface area contributed by atoms with Crippen molar-refractivity contribution in [2.24, 2.45) is 0 Å². The first-order valence-electron chi connectivity index (χ1n) is 7.25. The van der Waals surface area contributed by atoms with E-state index in [9.17, 15) is 9.59 Å². The fourth-order valence-electron chi connectivity index (χ4n) is 2.18. The number of fused-ring (bicyclic) bond motifs is 1. The number of carbonyl (C=O) groups is 2. The van der Waals surface area contributed by atoms with E-state index in [0.29, 0.717) is 10.6 Å². The number of rotatable bonds is 5. The molecule has 0 bridgehead atoms. The first kappa shape index (κ1) is 16.5. The predicted molar refractivity (Wildman–Crippen MR) is 99.0 cm³/mol. The molecule has 0 aliphatic heterocycles. The molecule has 6 heteroatoms. The maximum Gasteiger partial charge on any atom is 0.348 e. The Morgan fingerprint density at radius 1 is 1.12 bits per heavy atom. The minimum absolute atomic E-state index is 0.309. The van der Waals surface area contributed by atoms with Gasteiger partial charge in [-0.05, 0) is 42.0 Å². The van der Waals surface area contributed by atoms with Gasteiger partial charge in [0.05, 0.1) is 0 Å². The van der Waals surface area contributed by atoms with Crippen molar-refractivity contribution in [3.63, 3.8) is 0 Å². The van der Waals surface area contributed by atoms with Crippen molar-refractivity contribution in [3.8, 4) is 0 Å². The summed E-state index contributed by atoms with van der Waals surface area (Å²) in [5, 5.41) is 3.72. The van der Waals surface area contributed by atoms with Gasteiger partial charge in [0, 0.05) is 15.3 Å². The maximum atomic E-state index is 12.1. The topological polar surface area (TPSA) is 55.4 Å². The van der Waals surface area contributed by atoms with Gasteiger partial charge in [0.15, 0.2) is 6.61 Å². The lowest BCUT2D eigenvalue weighted by molar-refractivity contribution is -0.119. The zero-order chi connectivity index (χ0) is 16.9.